The van der Waals surface area contributed by atoms with E-state index in [0.29, 0.717) is 42.3 Å². The summed E-state index contributed by atoms with van der Waals surface area (Å²) in [4.78, 5) is 30.0. The van der Waals surface area contributed by atoms with Gasteiger partial charge < -0.3 is 19.4 Å². The molecule has 2 rings (SSSR count). The second kappa shape index (κ2) is 8.75. The van der Waals surface area contributed by atoms with Gasteiger partial charge in [0.05, 0.1) is 14.2 Å². The Bertz CT molecular complexity index is 839. The maximum atomic E-state index is 13.2. The molecular weight excluding hydrogens is 344 g/mol. The van der Waals surface area contributed by atoms with Crippen LogP contribution in [0.25, 0.3) is 0 Å². The fraction of sp³-hybridized carbons (Fsp3) is 0.429. The van der Waals surface area contributed by atoms with Gasteiger partial charge in [-0.3, -0.25) is 9.59 Å². The molecule has 146 valence electrons. The van der Waals surface area contributed by atoms with E-state index in [-0.39, 0.29) is 11.7 Å². The van der Waals surface area contributed by atoms with Gasteiger partial charge in [0.1, 0.15) is 5.69 Å². The molecule has 0 radical (unpaired) electrons. The lowest BCUT2D eigenvalue weighted by molar-refractivity contribution is 0.0746. The number of carbonyl (C=O) groups is 2. The van der Waals surface area contributed by atoms with Crippen molar-refractivity contribution in [1.82, 2.24) is 9.88 Å². The zero-order valence-electron chi connectivity index (χ0n) is 16.9. The molecule has 1 N–H and O–H groups in total. The Hall–Kier alpha value is -2.76. The first-order chi connectivity index (χ1) is 12.9. The predicted octanol–water partition coefficient (Wildman–Crippen LogP) is 3.77. The van der Waals surface area contributed by atoms with Gasteiger partial charge in [-0.1, -0.05) is 13.0 Å². The Labute approximate surface area is 160 Å². The third-order valence-corrected chi connectivity index (χ3v) is 4.70. The van der Waals surface area contributed by atoms with E-state index in [1.165, 1.54) is 6.92 Å². The predicted molar refractivity (Wildman–Crippen MR) is 105 cm³/mol. The van der Waals surface area contributed by atoms with Crippen LogP contribution < -0.4 is 9.47 Å². The molecule has 1 amide bonds. The van der Waals surface area contributed by atoms with E-state index in [2.05, 4.69) is 4.98 Å². The number of hydrogen-bond donors (Lipinski definition) is 1. The number of nitrogens with zero attached hydrogens (tertiary/aromatic N) is 1. The highest BCUT2D eigenvalue weighted by Crippen LogP contribution is 2.28. The average molecular weight is 372 g/mol. The summed E-state index contributed by atoms with van der Waals surface area (Å²) >= 11 is 0. The maximum absolute atomic E-state index is 13.2. The number of aromatic nitrogens is 1. The van der Waals surface area contributed by atoms with E-state index in [1.54, 1.807) is 19.1 Å². The molecule has 0 saturated carbocycles. The summed E-state index contributed by atoms with van der Waals surface area (Å²) in [5.41, 5.74) is 3.60. The summed E-state index contributed by atoms with van der Waals surface area (Å²) in [7, 11) is 3.18. The number of rotatable bonds is 8. The maximum Gasteiger partial charge on any atom is 0.270 e. The Morgan fingerprint density at radius 3 is 2.30 bits per heavy atom. The van der Waals surface area contributed by atoms with Gasteiger partial charge in [0.2, 0.25) is 0 Å². The summed E-state index contributed by atoms with van der Waals surface area (Å²) in [5, 5.41) is 0. The molecule has 1 aromatic heterocycles. The van der Waals surface area contributed by atoms with Crippen LogP contribution in [-0.4, -0.2) is 42.3 Å². The van der Waals surface area contributed by atoms with Crippen molar-refractivity contribution in [2.24, 2.45) is 0 Å². The van der Waals surface area contributed by atoms with E-state index in [1.807, 2.05) is 39.0 Å². The van der Waals surface area contributed by atoms with Crippen LogP contribution in [-0.2, 0) is 13.0 Å². The van der Waals surface area contributed by atoms with Gasteiger partial charge in [-0.15, -0.1) is 0 Å². The second-order valence-corrected chi connectivity index (χ2v) is 6.40. The monoisotopic (exact) mass is 372 g/mol. The number of amides is 1. The van der Waals surface area contributed by atoms with Crippen molar-refractivity contribution in [3.63, 3.8) is 0 Å². The van der Waals surface area contributed by atoms with Crippen molar-refractivity contribution < 1.29 is 19.1 Å². The molecule has 27 heavy (non-hydrogen) atoms. The van der Waals surface area contributed by atoms with E-state index >= 15 is 0 Å². The van der Waals surface area contributed by atoms with E-state index in [9.17, 15) is 9.59 Å². The smallest absolute Gasteiger partial charge is 0.270 e. The SMILES string of the molecule is CCc1c(C(=O)N(CC)Cc2ccc(OC)c(OC)c2)[nH]c(C)c1C(C)=O. The Kier molecular flexibility index (Phi) is 6.66. The van der Waals surface area contributed by atoms with Gasteiger partial charge in [-0.05, 0) is 50.5 Å². The molecule has 2 aromatic rings. The number of ether oxygens (including phenoxy) is 2. The molecule has 0 unspecified atom stereocenters. The Morgan fingerprint density at radius 1 is 1.11 bits per heavy atom. The van der Waals surface area contributed by atoms with Crippen molar-refractivity contribution in [2.45, 2.75) is 40.7 Å². The standard InChI is InChI=1S/C21H28N2O4/c1-7-16-19(14(4)24)13(3)22-20(16)21(25)23(8-2)12-15-9-10-17(26-5)18(11-15)27-6/h9-11,22H,7-8,12H2,1-6H3. The Morgan fingerprint density at radius 2 is 1.78 bits per heavy atom. The van der Waals surface area contributed by atoms with Crippen LogP contribution in [0.4, 0.5) is 0 Å². The largest absolute Gasteiger partial charge is 0.493 e. The van der Waals surface area contributed by atoms with Crippen LogP contribution in [0, 0.1) is 6.92 Å². The quantitative estimate of drug-likeness (QED) is 0.716. The lowest BCUT2D eigenvalue weighted by atomic mass is 10.0. The van der Waals surface area contributed by atoms with Crippen LogP contribution in [0.2, 0.25) is 0 Å². The molecule has 0 aliphatic heterocycles. The minimum atomic E-state index is -0.111. The normalized spacial score (nSPS) is 10.6. The molecular formula is C21H28N2O4. The topological polar surface area (TPSA) is 71.6 Å². The van der Waals surface area contributed by atoms with Gasteiger partial charge in [-0.2, -0.15) is 0 Å². The fourth-order valence-electron chi connectivity index (χ4n) is 3.37. The fourth-order valence-corrected chi connectivity index (χ4v) is 3.37. The van der Waals surface area contributed by atoms with Crippen molar-refractivity contribution in [3.05, 3.63) is 46.3 Å². The van der Waals surface area contributed by atoms with Gasteiger partial charge in [0.15, 0.2) is 17.3 Å². The number of aromatic amines is 1. The molecule has 0 saturated heterocycles. The summed E-state index contributed by atoms with van der Waals surface area (Å²) < 4.78 is 10.6. The third-order valence-electron chi connectivity index (χ3n) is 4.70. The van der Waals surface area contributed by atoms with Gasteiger partial charge in [-0.25, -0.2) is 0 Å². The third kappa shape index (κ3) is 4.15. The van der Waals surface area contributed by atoms with Crippen molar-refractivity contribution in [1.29, 1.82) is 0 Å². The minimum absolute atomic E-state index is 0.0254. The molecule has 0 spiro atoms. The highest BCUT2D eigenvalue weighted by atomic mass is 16.5. The molecule has 0 atom stereocenters. The number of nitrogens with one attached hydrogen (secondary N) is 1. The zero-order valence-corrected chi connectivity index (χ0v) is 16.9. The molecule has 0 bridgehead atoms. The van der Waals surface area contributed by atoms with E-state index < -0.39 is 0 Å². The van der Waals surface area contributed by atoms with Crippen molar-refractivity contribution in [2.75, 3.05) is 20.8 Å². The number of aryl methyl sites for hydroxylation is 1. The number of Topliss-reactive ketones (excluding diaryl/α,β-unsaturated/α-hetero) is 1. The Balaban J connectivity index is 2.34. The van der Waals surface area contributed by atoms with Gasteiger partial charge in [0, 0.05) is 24.3 Å². The second-order valence-electron chi connectivity index (χ2n) is 6.40. The molecule has 0 aliphatic rings. The lowest BCUT2D eigenvalue weighted by Gasteiger charge is -2.22. The molecule has 6 nitrogen and oxygen atoms in total. The van der Waals surface area contributed by atoms with Crippen LogP contribution in [0.15, 0.2) is 18.2 Å². The van der Waals surface area contributed by atoms with E-state index in [0.717, 1.165) is 16.8 Å². The highest BCUT2D eigenvalue weighted by molar-refractivity contribution is 6.02. The number of hydrogen-bond acceptors (Lipinski definition) is 4. The zero-order chi connectivity index (χ0) is 20.1. The lowest BCUT2D eigenvalue weighted by Crippen LogP contribution is -2.31. The number of ketones is 1. The van der Waals surface area contributed by atoms with Crippen LogP contribution in [0.5, 0.6) is 11.5 Å². The first-order valence-corrected chi connectivity index (χ1v) is 9.10. The van der Waals surface area contributed by atoms with Crippen LogP contribution in [0.1, 0.15) is 58.4 Å². The van der Waals surface area contributed by atoms with Crippen molar-refractivity contribution >= 4 is 11.7 Å². The summed E-state index contributed by atoms with van der Waals surface area (Å²) in [6.07, 6.45) is 0.619. The first-order valence-electron chi connectivity index (χ1n) is 9.10. The molecule has 6 heteroatoms. The summed E-state index contributed by atoms with van der Waals surface area (Å²) in [6.45, 7) is 8.24. The summed E-state index contributed by atoms with van der Waals surface area (Å²) in [5.74, 6) is 1.14. The van der Waals surface area contributed by atoms with Gasteiger partial charge in [0.25, 0.3) is 5.91 Å². The number of H-pyrrole nitrogens is 1. The van der Waals surface area contributed by atoms with Crippen molar-refractivity contribution in [3.8, 4) is 11.5 Å². The van der Waals surface area contributed by atoms with Crippen LogP contribution >= 0.6 is 0 Å². The average Bonchev–Trinajstić information content (AvgIpc) is 3.01. The minimum Gasteiger partial charge on any atom is -0.493 e. The van der Waals surface area contributed by atoms with E-state index in [4.69, 9.17) is 9.47 Å². The summed E-state index contributed by atoms with van der Waals surface area (Å²) in [6, 6.07) is 5.62. The van der Waals surface area contributed by atoms with Crippen LogP contribution in [0.3, 0.4) is 0 Å². The highest BCUT2D eigenvalue weighted by Gasteiger charge is 2.25. The number of carbonyl (C=O) groups excluding carboxylic acids is 2. The number of methoxy groups -OCH3 is 2. The first kappa shape index (κ1) is 20.6. The molecule has 1 heterocycles. The molecule has 0 aliphatic carbocycles. The van der Waals surface area contributed by atoms with Gasteiger partial charge >= 0.3 is 0 Å². The molecule has 0 fully saturated rings. The molecule has 1 aromatic carbocycles. The number of benzene rings is 1.